The van der Waals surface area contributed by atoms with Gasteiger partial charge in [-0.2, -0.15) is 0 Å². The fourth-order valence-electron chi connectivity index (χ4n) is 4.70. The average Bonchev–Trinajstić information content (AvgIpc) is 3.02. The first-order valence-electron chi connectivity index (χ1n) is 10.5. The number of hydrogen-bond donors (Lipinski definition) is 1. The number of nitrogens with zero attached hydrogens (tertiary/aromatic N) is 2. The molecule has 6 nitrogen and oxygen atoms in total. The van der Waals surface area contributed by atoms with Crippen molar-refractivity contribution in [2.75, 3.05) is 18.0 Å². The summed E-state index contributed by atoms with van der Waals surface area (Å²) in [5.74, 6) is -0.662. The molecule has 0 bridgehead atoms. The Bertz CT molecular complexity index is 1220. The lowest BCUT2D eigenvalue weighted by atomic mass is 9.88. The monoisotopic (exact) mass is 413 g/mol. The number of rotatable bonds is 3. The third-order valence-electron chi connectivity index (χ3n) is 6.31. The first-order chi connectivity index (χ1) is 15.0. The van der Waals surface area contributed by atoms with Crippen LogP contribution in [0.5, 0.6) is 0 Å². The second kappa shape index (κ2) is 7.23. The van der Waals surface area contributed by atoms with Crippen LogP contribution in [-0.4, -0.2) is 35.8 Å². The fraction of sp³-hybridized carbons (Fsp3) is 0.240. The van der Waals surface area contributed by atoms with Crippen molar-refractivity contribution in [3.8, 4) is 0 Å². The molecule has 1 atom stereocenters. The molecule has 1 saturated heterocycles. The van der Waals surface area contributed by atoms with E-state index in [4.69, 9.17) is 0 Å². The predicted octanol–water partition coefficient (Wildman–Crippen LogP) is 3.59. The topological polar surface area (TPSA) is 69.7 Å². The molecule has 3 aromatic carbocycles. The van der Waals surface area contributed by atoms with Crippen LogP contribution >= 0.6 is 0 Å². The van der Waals surface area contributed by atoms with Crippen LogP contribution in [0.15, 0.2) is 66.7 Å². The Kier molecular flexibility index (Phi) is 4.50. The van der Waals surface area contributed by atoms with Gasteiger partial charge >= 0.3 is 6.03 Å². The Hall–Kier alpha value is -3.67. The normalized spacial score (nSPS) is 20.7. The molecule has 0 radical (unpaired) electrons. The van der Waals surface area contributed by atoms with Gasteiger partial charge < -0.3 is 10.2 Å². The van der Waals surface area contributed by atoms with Gasteiger partial charge in [0, 0.05) is 12.2 Å². The SMILES string of the molecule is C[C@@]1(c2cccc3ccccc23)NC(=O)N(CC(=O)N2CCCc3ccccc32)C1=O. The van der Waals surface area contributed by atoms with Crippen LogP contribution in [0.1, 0.15) is 24.5 Å². The third-order valence-corrected chi connectivity index (χ3v) is 6.31. The van der Waals surface area contributed by atoms with Crippen LogP contribution in [0, 0.1) is 0 Å². The number of fused-ring (bicyclic) bond motifs is 2. The predicted molar refractivity (Wildman–Crippen MR) is 119 cm³/mol. The smallest absolute Gasteiger partial charge is 0.319 e. The van der Waals surface area contributed by atoms with E-state index in [1.165, 1.54) is 0 Å². The quantitative estimate of drug-likeness (QED) is 0.667. The minimum atomic E-state index is -1.22. The van der Waals surface area contributed by atoms with E-state index < -0.39 is 17.5 Å². The van der Waals surface area contributed by atoms with Crippen molar-refractivity contribution < 1.29 is 14.4 Å². The molecular formula is C25H23N3O3. The van der Waals surface area contributed by atoms with Crippen LogP contribution in [0.2, 0.25) is 0 Å². The zero-order valence-electron chi connectivity index (χ0n) is 17.3. The van der Waals surface area contributed by atoms with Crippen molar-refractivity contribution in [1.82, 2.24) is 10.2 Å². The molecule has 0 saturated carbocycles. The largest absolute Gasteiger partial charge is 0.325 e. The fourth-order valence-corrected chi connectivity index (χ4v) is 4.70. The van der Waals surface area contributed by atoms with E-state index in [1.807, 2.05) is 66.7 Å². The molecule has 31 heavy (non-hydrogen) atoms. The number of para-hydroxylation sites is 1. The number of benzene rings is 3. The highest BCUT2D eigenvalue weighted by molar-refractivity contribution is 6.12. The Labute approximate surface area is 180 Å². The Morgan fingerprint density at radius 1 is 1.00 bits per heavy atom. The minimum Gasteiger partial charge on any atom is -0.319 e. The Balaban J connectivity index is 1.44. The van der Waals surface area contributed by atoms with Gasteiger partial charge in [0.15, 0.2) is 0 Å². The van der Waals surface area contributed by atoms with Crippen molar-refractivity contribution in [3.05, 3.63) is 77.9 Å². The molecule has 0 unspecified atom stereocenters. The van der Waals surface area contributed by atoms with Crippen LogP contribution in [0.4, 0.5) is 10.5 Å². The number of urea groups is 1. The lowest BCUT2D eigenvalue weighted by Crippen LogP contribution is -2.46. The van der Waals surface area contributed by atoms with E-state index in [0.29, 0.717) is 6.54 Å². The van der Waals surface area contributed by atoms with E-state index in [2.05, 4.69) is 5.32 Å². The number of imide groups is 1. The van der Waals surface area contributed by atoms with Crippen LogP contribution in [-0.2, 0) is 21.5 Å². The van der Waals surface area contributed by atoms with Crippen molar-refractivity contribution >= 4 is 34.3 Å². The Morgan fingerprint density at radius 2 is 1.74 bits per heavy atom. The number of carbonyl (C=O) groups excluding carboxylic acids is 3. The van der Waals surface area contributed by atoms with Crippen LogP contribution in [0.25, 0.3) is 10.8 Å². The molecular weight excluding hydrogens is 390 g/mol. The van der Waals surface area contributed by atoms with Crippen molar-refractivity contribution in [2.45, 2.75) is 25.3 Å². The summed E-state index contributed by atoms with van der Waals surface area (Å²) in [5.41, 5.74) is 1.47. The van der Waals surface area contributed by atoms with E-state index in [-0.39, 0.29) is 12.5 Å². The molecule has 1 N–H and O–H groups in total. The second-order valence-corrected chi connectivity index (χ2v) is 8.25. The number of amides is 4. The highest BCUT2D eigenvalue weighted by Gasteiger charge is 2.50. The highest BCUT2D eigenvalue weighted by Crippen LogP contribution is 2.34. The molecule has 2 heterocycles. The van der Waals surface area contributed by atoms with Crippen molar-refractivity contribution in [2.24, 2.45) is 0 Å². The van der Waals surface area contributed by atoms with E-state index >= 15 is 0 Å². The maximum absolute atomic E-state index is 13.4. The van der Waals surface area contributed by atoms with E-state index in [1.54, 1.807) is 11.8 Å². The van der Waals surface area contributed by atoms with E-state index in [9.17, 15) is 14.4 Å². The number of carbonyl (C=O) groups is 3. The number of aryl methyl sites for hydroxylation is 1. The number of anilines is 1. The molecule has 6 heteroatoms. The molecule has 2 aliphatic rings. The van der Waals surface area contributed by atoms with Gasteiger partial charge in [-0.1, -0.05) is 60.7 Å². The van der Waals surface area contributed by atoms with Gasteiger partial charge in [0.2, 0.25) is 5.91 Å². The molecule has 4 amide bonds. The van der Waals surface area contributed by atoms with E-state index in [0.717, 1.165) is 45.3 Å². The van der Waals surface area contributed by atoms with Gasteiger partial charge in [-0.25, -0.2) is 4.79 Å². The zero-order chi connectivity index (χ0) is 21.6. The summed E-state index contributed by atoms with van der Waals surface area (Å²) in [6.07, 6.45) is 1.78. The Morgan fingerprint density at radius 3 is 2.61 bits per heavy atom. The summed E-state index contributed by atoms with van der Waals surface area (Å²) in [6, 6.07) is 20.7. The maximum atomic E-state index is 13.4. The van der Waals surface area contributed by atoms with Crippen molar-refractivity contribution in [3.63, 3.8) is 0 Å². The molecule has 0 aromatic heterocycles. The molecule has 5 rings (SSSR count). The zero-order valence-corrected chi connectivity index (χ0v) is 17.3. The summed E-state index contributed by atoms with van der Waals surface area (Å²) in [6.45, 7) is 2.01. The van der Waals surface area contributed by atoms with Gasteiger partial charge in [0.05, 0.1) is 0 Å². The third kappa shape index (κ3) is 3.06. The highest BCUT2D eigenvalue weighted by atomic mass is 16.2. The molecule has 2 aliphatic heterocycles. The van der Waals surface area contributed by atoms with Gasteiger partial charge in [-0.3, -0.25) is 14.5 Å². The summed E-state index contributed by atoms with van der Waals surface area (Å²) in [7, 11) is 0. The standard InChI is InChI=1S/C25H23N3O3/c1-25(20-13-6-10-17-8-2-4-12-19(17)20)23(30)28(24(31)26-25)16-22(29)27-15-7-11-18-9-3-5-14-21(18)27/h2-6,8-10,12-14H,7,11,15-16H2,1H3,(H,26,31)/t25-/m0/s1. The maximum Gasteiger partial charge on any atom is 0.325 e. The van der Waals surface area contributed by atoms with Gasteiger partial charge in [0.25, 0.3) is 5.91 Å². The van der Waals surface area contributed by atoms with Gasteiger partial charge in [0.1, 0.15) is 12.1 Å². The lowest BCUT2D eigenvalue weighted by Gasteiger charge is -2.30. The first kappa shape index (κ1) is 19.3. The van der Waals surface area contributed by atoms with Crippen LogP contribution in [0.3, 0.4) is 0 Å². The second-order valence-electron chi connectivity index (χ2n) is 8.25. The molecule has 156 valence electrons. The molecule has 0 spiro atoms. The molecule has 3 aromatic rings. The van der Waals surface area contributed by atoms with Crippen molar-refractivity contribution in [1.29, 1.82) is 0 Å². The number of nitrogens with one attached hydrogen (secondary N) is 1. The van der Waals surface area contributed by atoms with Crippen LogP contribution < -0.4 is 10.2 Å². The summed E-state index contributed by atoms with van der Waals surface area (Å²) >= 11 is 0. The minimum absolute atomic E-state index is 0.252. The summed E-state index contributed by atoms with van der Waals surface area (Å²) < 4.78 is 0. The average molecular weight is 413 g/mol. The lowest BCUT2D eigenvalue weighted by molar-refractivity contribution is -0.134. The summed E-state index contributed by atoms with van der Waals surface area (Å²) in [4.78, 5) is 42.1. The summed E-state index contributed by atoms with van der Waals surface area (Å²) in [5, 5.41) is 4.72. The molecule has 1 fully saturated rings. The van der Waals surface area contributed by atoms with Gasteiger partial charge in [-0.05, 0) is 47.7 Å². The number of hydrogen-bond acceptors (Lipinski definition) is 3. The first-order valence-corrected chi connectivity index (χ1v) is 10.5. The van der Waals surface area contributed by atoms with Gasteiger partial charge in [-0.15, -0.1) is 0 Å². The molecule has 0 aliphatic carbocycles.